The summed E-state index contributed by atoms with van der Waals surface area (Å²) in [5.74, 6) is 1.95. The molecule has 0 aliphatic carbocycles. The van der Waals surface area contributed by atoms with Gasteiger partial charge in [0.05, 0.1) is 0 Å². The Morgan fingerprint density at radius 2 is 2.08 bits per heavy atom. The Bertz CT molecular complexity index is 725. The summed E-state index contributed by atoms with van der Waals surface area (Å²) in [5.41, 5.74) is 2.43. The van der Waals surface area contributed by atoms with E-state index in [-0.39, 0.29) is 5.91 Å². The third-order valence-electron chi connectivity index (χ3n) is 4.38. The zero-order valence-electron chi connectivity index (χ0n) is 14.7. The maximum atomic E-state index is 12.2. The summed E-state index contributed by atoms with van der Waals surface area (Å²) in [4.78, 5) is 21.1. The molecule has 6 heteroatoms. The summed E-state index contributed by atoms with van der Waals surface area (Å²) in [6.07, 6.45) is 2.06. The van der Waals surface area contributed by atoms with Gasteiger partial charge in [-0.1, -0.05) is 12.1 Å². The van der Waals surface area contributed by atoms with Gasteiger partial charge in [0.15, 0.2) is 5.82 Å². The van der Waals surface area contributed by atoms with Crippen LogP contribution in [0.5, 0.6) is 0 Å². The number of rotatable bonds is 6. The third kappa shape index (κ3) is 4.54. The first-order valence-electron chi connectivity index (χ1n) is 8.65. The van der Waals surface area contributed by atoms with Crippen LogP contribution < -0.4 is 10.6 Å². The molecule has 1 atom stereocenters. The average molecular weight is 340 g/mol. The number of hydrogen-bond donors (Lipinski definition) is 2. The summed E-state index contributed by atoms with van der Waals surface area (Å²) < 4.78 is 5.35. The van der Waals surface area contributed by atoms with Gasteiger partial charge in [0, 0.05) is 49.7 Å². The Morgan fingerprint density at radius 3 is 2.76 bits per heavy atom. The van der Waals surface area contributed by atoms with Gasteiger partial charge in [0.2, 0.25) is 0 Å². The van der Waals surface area contributed by atoms with Crippen LogP contribution in [-0.4, -0.2) is 42.7 Å². The molecule has 1 fully saturated rings. The van der Waals surface area contributed by atoms with Crippen molar-refractivity contribution in [3.63, 3.8) is 0 Å². The number of hydrogen-bond acceptors (Lipinski definition) is 5. The molecule has 2 heterocycles. The first-order valence-corrected chi connectivity index (χ1v) is 8.65. The topological polar surface area (TPSA) is 76.1 Å². The van der Waals surface area contributed by atoms with Gasteiger partial charge in [-0.3, -0.25) is 4.79 Å². The van der Waals surface area contributed by atoms with E-state index in [1.807, 2.05) is 44.3 Å². The van der Waals surface area contributed by atoms with Crippen LogP contribution in [0.1, 0.15) is 28.9 Å². The minimum atomic E-state index is -0.0495. The molecule has 0 bridgehead atoms. The number of aryl methyl sites for hydroxylation is 1. The lowest BCUT2D eigenvalue weighted by atomic mass is 10.1. The standard InChI is InChI=1S/C19H24N4O2/c1-13-11-17(20-2)23-18(22-13)15-3-5-16(6-4-15)19(24)21-9-7-14-8-10-25-12-14/h3-6,11,14H,7-10,12H2,1-2H3,(H,21,24)(H,20,22,23)/t14-/m0/s1. The molecule has 1 aromatic carbocycles. The van der Waals surface area contributed by atoms with Crippen molar-refractivity contribution in [2.24, 2.45) is 5.92 Å². The molecule has 1 amide bonds. The first kappa shape index (κ1) is 17.4. The zero-order valence-corrected chi connectivity index (χ0v) is 14.7. The molecule has 132 valence electrons. The van der Waals surface area contributed by atoms with E-state index in [1.165, 1.54) is 0 Å². The van der Waals surface area contributed by atoms with E-state index < -0.39 is 0 Å². The number of benzene rings is 1. The van der Waals surface area contributed by atoms with Crippen LogP contribution in [0, 0.1) is 12.8 Å². The van der Waals surface area contributed by atoms with E-state index in [1.54, 1.807) is 0 Å². The number of aromatic nitrogens is 2. The van der Waals surface area contributed by atoms with Gasteiger partial charge in [-0.2, -0.15) is 0 Å². The highest BCUT2D eigenvalue weighted by Crippen LogP contribution is 2.19. The highest BCUT2D eigenvalue weighted by Gasteiger charge is 2.15. The van der Waals surface area contributed by atoms with E-state index in [4.69, 9.17) is 4.74 Å². The molecule has 1 aliphatic heterocycles. The van der Waals surface area contributed by atoms with E-state index >= 15 is 0 Å². The normalized spacial score (nSPS) is 16.6. The highest BCUT2D eigenvalue weighted by molar-refractivity contribution is 5.94. The monoisotopic (exact) mass is 340 g/mol. The molecule has 3 rings (SSSR count). The Hall–Kier alpha value is -2.47. The van der Waals surface area contributed by atoms with Gasteiger partial charge in [-0.05, 0) is 37.8 Å². The maximum absolute atomic E-state index is 12.2. The molecule has 2 N–H and O–H groups in total. The molecule has 6 nitrogen and oxygen atoms in total. The maximum Gasteiger partial charge on any atom is 0.251 e. The van der Waals surface area contributed by atoms with Crippen molar-refractivity contribution in [3.8, 4) is 11.4 Å². The van der Waals surface area contributed by atoms with Crippen molar-refractivity contribution in [2.75, 3.05) is 32.1 Å². The lowest BCUT2D eigenvalue weighted by molar-refractivity contribution is 0.0950. The van der Waals surface area contributed by atoms with Crippen molar-refractivity contribution >= 4 is 11.7 Å². The predicted octanol–water partition coefficient (Wildman–Crippen LogP) is 2.65. The van der Waals surface area contributed by atoms with Crippen LogP contribution in [-0.2, 0) is 4.74 Å². The van der Waals surface area contributed by atoms with Crippen molar-refractivity contribution in [3.05, 3.63) is 41.6 Å². The summed E-state index contributed by atoms with van der Waals surface area (Å²) in [5, 5.41) is 6.01. The molecule has 1 saturated heterocycles. The molecule has 2 aromatic rings. The van der Waals surface area contributed by atoms with Crippen LogP contribution in [0.3, 0.4) is 0 Å². The fourth-order valence-electron chi connectivity index (χ4n) is 2.90. The van der Waals surface area contributed by atoms with Crippen molar-refractivity contribution < 1.29 is 9.53 Å². The molecule has 1 aromatic heterocycles. The van der Waals surface area contributed by atoms with E-state index in [0.29, 0.717) is 23.9 Å². The van der Waals surface area contributed by atoms with Gasteiger partial charge < -0.3 is 15.4 Å². The van der Waals surface area contributed by atoms with Gasteiger partial charge in [0.25, 0.3) is 5.91 Å². The summed E-state index contributed by atoms with van der Waals surface area (Å²) in [6, 6.07) is 9.28. The SMILES string of the molecule is CNc1cc(C)nc(-c2ccc(C(=O)NCC[C@H]3CCOC3)cc2)n1. The van der Waals surface area contributed by atoms with E-state index in [9.17, 15) is 4.79 Å². The molecule has 0 radical (unpaired) electrons. The second-order valence-electron chi connectivity index (χ2n) is 6.32. The fourth-order valence-corrected chi connectivity index (χ4v) is 2.90. The Balaban J connectivity index is 1.61. The second kappa shape index (κ2) is 8.07. The number of nitrogens with one attached hydrogen (secondary N) is 2. The second-order valence-corrected chi connectivity index (χ2v) is 6.32. The molecule has 1 aliphatic rings. The number of carbonyl (C=O) groups excluding carboxylic acids is 1. The van der Waals surface area contributed by atoms with Crippen molar-refractivity contribution in [1.29, 1.82) is 0 Å². The molecule has 25 heavy (non-hydrogen) atoms. The lowest BCUT2D eigenvalue weighted by Crippen LogP contribution is -2.26. The van der Waals surface area contributed by atoms with Crippen LogP contribution in [0.15, 0.2) is 30.3 Å². The van der Waals surface area contributed by atoms with E-state index in [0.717, 1.165) is 43.1 Å². The van der Waals surface area contributed by atoms with Crippen LogP contribution >= 0.6 is 0 Å². The molecule has 0 saturated carbocycles. The number of amides is 1. The summed E-state index contributed by atoms with van der Waals surface area (Å²) >= 11 is 0. The highest BCUT2D eigenvalue weighted by atomic mass is 16.5. The number of carbonyl (C=O) groups is 1. The summed E-state index contributed by atoms with van der Waals surface area (Å²) in [6.45, 7) is 4.27. The summed E-state index contributed by atoms with van der Waals surface area (Å²) in [7, 11) is 1.83. The average Bonchev–Trinajstić information content (AvgIpc) is 3.14. The molecule has 0 unspecified atom stereocenters. The quantitative estimate of drug-likeness (QED) is 0.845. The smallest absolute Gasteiger partial charge is 0.251 e. The largest absolute Gasteiger partial charge is 0.381 e. The van der Waals surface area contributed by atoms with Gasteiger partial charge in [-0.15, -0.1) is 0 Å². The van der Waals surface area contributed by atoms with Crippen LogP contribution in [0.25, 0.3) is 11.4 Å². The van der Waals surface area contributed by atoms with Crippen LogP contribution in [0.2, 0.25) is 0 Å². The van der Waals surface area contributed by atoms with Crippen molar-refractivity contribution in [1.82, 2.24) is 15.3 Å². The predicted molar refractivity (Wildman–Crippen MR) is 97.6 cm³/mol. The lowest BCUT2D eigenvalue weighted by Gasteiger charge is -2.09. The first-order chi connectivity index (χ1) is 12.2. The number of nitrogens with zero attached hydrogens (tertiary/aromatic N) is 2. The minimum Gasteiger partial charge on any atom is -0.381 e. The molecular weight excluding hydrogens is 316 g/mol. The Kier molecular flexibility index (Phi) is 5.60. The molecule has 0 spiro atoms. The van der Waals surface area contributed by atoms with Gasteiger partial charge >= 0.3 is 0 Å². The Morgan fingerprint density at radius 1 is 1.28 bits per heavy atom. The molecular formula is C19H24N4O2. The van der Waals surface area contributed by atoms with E-state index in [2.05, 4.69) is 20.6 Å². The number of ether oxygens (including phenoxy) is 1. The third-order valence-corrected chi connectivity index (χ3v) is 4.38. The van der Waals surface area contributed by atoms with Gasteiger partial charge in [0.1, 0.15) is 5.82 Å². The minimum absolute atomic E-state index is 0.0495. The van der Waals surface area contributed by atoms with Crippen LogP contribution in [0.4, 0.5) is 5.82 Å². The van der Waals surface area contributed by atoms with Crippen molar-refractivity contribution in [2.45, 2.75) is 19.8 Å². The fraction of sp³-hybridized carbons (Fsp3) is 0.421. The Labute approximate surface area is 148 Å². The number of anilines is 1. The van der Waals surface area contributed by atoms with Gasteiger partial charge in [-0.25, -0.2) is 9.97 Å². The zero-order chi connectivity index (χ0) is 17.6.